The fraction of sp³-hybridized carbons (Fsp3) is 0.538. The van der Waals surface area contributed by atoms with Gasteiger partial charge in [0.25, 0.3) is 0 Å². The molecule has 1 aromatic rings. The maximum Gasteiger partial charge on any atom is 0.155 e. The first-order valence-corrected chi connectivity index (χ1v) is 6.85. The van der Waals surface area contributed by atoms with Gasteiger partial charge in [0.05, 0.1) is 15.9 Å². The second-order valence-electron chi connectivity index (χ2n) is 4.46. The maximum absolute atomic E-state index is 11.4. The van der Waals surface area contributed by atoms with Crippen molar-refractivity contribution in [2.45, 2.75) is 46.1 Å². The van der Waals surface area contributed by atoms with Gasteiger partial charge in [-0.05, 0) is 48.7 Å². The van der Waals surface area contributed by atoms with E-state index in [1.807, 2.05) is 17.7 Å². The maximum atomic E-state index is 11.4. The summed E-state index contributed by atoms with van der Waals surface area (Å²) in [7, 11) is 0. The van der Waals surface area contributed by atoms with Crippen molar-refractivity contribution in [2.24, 2.45) is 0 Å². The minimum atomic E-state index is 0.265. The van der Waals surface area contributed by atoms with Gasteiger partial charge < -0.3 is 0 Å². The Morgan fingerprint density at radius 1 is 1.47 bits per heavy atom. The Morgan fingerprint density at radius 2 is 2.24 bits per heavy atom. The van der Waals surface area contributed by atoms with Gasteiger partial charge in [0.2, 0.25) is 0 Å². The molecular weight excluding hydrogens is 280 g/mol. The molecule has 4 heteroatoms. The highest BCUT2D eigenvalue weighted by molar-refractivity contribution is 9.10. The number of hydrogen-bond acceptors (Lipinski definition) is 2. The number of rotatable bonds is 3. The molecule has 0 unspecified atom stereocenters. The topological polar surface area (TPSA) is 34.9 Å². The van der Waals surface area contributed by atoms with E-state index in [0.29, 0.717) is 6.42 Å². The highest BCUT2D eigenvalue weighted by atomic mass is 79.9. The monoisotopic (exact) mass is 296 g/mol. The molecule has 0 bridgehead atoms. The minimum absolute atomic E-state index is 0.265. The Morgan fingerprint density at radius 3 is 2.88 bits per heavy atom. The number of aryl methyl sites for hydroxylation is 2. The van der Waals surface area contributed by atoms with Crippen molar-refractivity contribution in [3.63, 3.8) is 0 Å². The Bertz CT molecular complexity index is 474. The zero-order valence-electron chi connectivity index (χ0n) is 10.3. The zero-order chi connectivity index (χ0) is 12.4. The smallest absolute Gasteiger partial charge is 0.155 e. The number of carbonyl (C=O) groups is 1. The van der Waals surface area contributed by atoms with Crippen molar-refractivity contribution >= 4 is 21.7 Å². The molecule has 2 rings (SSSR count). The molecule has 1 heterocycles. The standard InChI is InChI=1S/C13H17BrN2O/c1-3-16-12(13(14)9(2)15-16)8-10-5-4-6-11(17)7-10/h7H,3-6,8H2,1-2H3. The van der Waals surface area contributed by atoms with Crippen molar-refractivity contribution in [1.29, 1.82) is 0 Å². The van der Waals surface area contributed by atoms with Crippen LogP contribution in [0.1, 0.15) is 37.6 Å². The van der Waals surface area contributed by atoms with Crippen molar-refractivity contribution in [3.8, 4) is 0 Å². The number of nitrogens with zero attached hydrogens (tertiary/aromatic N) is 2. The van der Waals surface area contributed by atoms with Gasteiger partial charge in [0.1, 0.15) is 0 Å². The number of hydrogen-bond donors (Lipinski definition) is 0. The largest absolute Gasteiger partial charge is 0.295 e. The van der Waals surface area contributed by atoms with Gasteiger partial charge in [-0.2, -0.15) is 5.10 Å². The molecule has 92 valence electrons. The highest BCUT2D eigenvalue weighted by Crippen LogP contribution is 2.26. The summed E-state index contributed by atoms with van der Waals surface area (Å²) in [5.41, 5.74) is 3.44. The number of carbonyl (C=O) groups excluding carboxylic acids is 1. The van der Waals surface area contributed by atoms with Crippen LogP contribution in [0.3, 0.4) is 0 Å². The van der Waals surface area contributed by atoms with Crippen LogP contribution in [0.4, 0.5) is 0 Å². The molecule has 1 aliphatic rings. The van der Waals surface area contributed by atoms with E-state index in [-0.39, 0.29) is 5.78 Å². The van der Waals surface area contributed by atoms with Crippen LogP contribution < -0.4 is 0 Å². The van der Waals surface area contributed by atoms with Crippen LogP contribution in [0.25, 0.3) is 0 Å². The SMILES string of the molecule is CCn1nc(C)c(Br)c1CC1=CC(=O)CCC1. The van der Waals surface area contributed by atoms with Gasteiger partial charge in [-0.25, -0.2) is 0 Å². The molecule has 1 aliphatic carbocycles. The van der Waals surface area contributed by atoms with Crippen molar-refractivity contribution in [2.75, 3.05) is 0 Å². The summed E-state index contributed by atoms with van der Waals surface area (Å²) < 4.78 is 3.09. The van der Waals surface area contributed by atoms with E-state index in [1.54, 1.807) is 0 Å². The van der Waals surface area contributed by atoms with Crippen LogP contribution in [0, 0.1) is 6.92 Å². The Balaban J connectivity index is 2.26. The third-order valence-corrected chi connectivity index (χ3v) is 4.17. The molecule has 0 saturated heterocycles. The van der Waals surface area contributed by atoms with Crippen LogP contribution >= 0.6 is 15.9 Å². The molecule has 0 saturated carbocycles. The fourth-order valence-electron chi connectivity index (χ4n) is 2.25. The van der Waals surface area contributed by atoms with Gasteiger partial charge in [-0.1, -0.05) is 5.57 Å². The molecule has 0 N–H and O–H groups in total. The summed E-state index contributed by atoms with van der Waals surface area (Å²) in [4.78, 5) is 11.4. The van der Waals surface area contributed by atoms with E-state index in [4.69, 9.17) is 0 Å². The predicted molar refractivity (Wildman–Crippen MR) is 71.0 cm³/mol. The normalized spacial score (nSPS) is 16.2. The predicted octanol–water partition coefficient (Wildman–Crippen LogP) is 3.20. The van der Waals surface area contributed by atoms with E-state index in [9.17, 15) is 4.79 Å². The fourth-order valence-corrected chi connectivity index (χ4v) is 2.68. The van der Waals surface area contributed by atoms with Gasteiger partial charge in [-0.3, -0.25) is 9.48 Å². The third kappa shape index (κ3) is 2.68. The second-order valence-corrected chi connectivity index (χ2v) is 5.25. The Labute approximate surface area is 110 Å². The Kier molecular flexibility index (Phi) is 3.82. The van der Waals surface area contributed by atoms with E-state index in [2.05, 4.69) is 28.0 Å². The van der Waals surface area contributed by atoms with Crippen LogP contribution in [-0.2, 0) is 17.8 Å². The first kappa shape index (κ1) is 12.6. The van der Waals surface area contributed by atoms with Crippen LogP contribution in [0.15, 0.2) is 16.1 Å². The average molecular weight is 297 g/mol. The average Bonchev–Trinajstić information content (AvgIpc) is 2.57. The van der Waals surface area contributed by atoms with E-state index in [1.165, 1.54) is 11.3 Å². The third-order valence-electron chi connectivity index (χ3n) is 3.13. The van der Waals surface area contributed by atoms with Crippen LogP contribution in [-0.4, -0.2) is 15.6 Å². The van der Waals surface area contributed by atoms with Crippen LogP contribution in [0.5, 0.6) is 0 Å². The van der Waals surface area contributed by atoms with E-state index >= 15 is 0 Å². The first-order chi connectivity index (χ1) is 8.11. The van der Waals surface area contributed by atoms with Crippen molar-refractivity contribution in [3.05, 3.63) is 27.5 Å². The zero-order valence-corrected chi connectivity index (χ0v) is 11.9. The van der Waals surface area contributed by atoms with Gasteiger partial charge in [-0.15, -0.1) is 0 Å². The number of halogens is 1. The molecule has 0 fully saturated rings. The van der Waals surface area contributed by atoms with Crippen molar-refractivity contribution in [1.82, 2.24) is 9.78 Å². The lowest BCUT2D eigenvalue weighted by Gasteiger charge is -2.13. The molecular formula is C13H17BrN2O. The lowest BCUT2D eigenvalue weighted by Crippen LogP contribution is -2.08. The molecule has 0 spiro atoms. The number of aromatic nitrogens is 2. The molecule has 1 aromatic heterocycles. The van der Waals surface area contributed by atoms with Gasteiger partial charge in [0, 0.05) is 19.4 Å². The molecule has 0 amide bonds. The summed E-state index contributed by atoms with van der Waals surface area (Å²) in [6.07, 6.45) is 5.38. The lowest BCUT2D eigenvalue weighted by molar-refractivity contribution is -0.115. The van der Waals surface area contributed by atoms with Gasteiger partial charge in [0.15, 0.2) is 5.78 Å². The molecule has 0 aromatic carbocycles. The highest BCUT2D eigenvalue weighted by Gasteiger charge is 2.16. The number of allylic oxidation sites excluding steroid dienone is 2. The Hall–Kier alpha value is -0.900. The quantitative estimate of drug-likeness (QED) is 0.858. The second kappa shape index (κ2) is 5.17. The molecule has 0 aliphatic heterocycles. The summed E-state index contributed by atoms with van der Waals surface area (Å²) in [5.74, 6) is 0.265. The van der Waals surface area contributed by atoms with Gasteiger partial charge >= 0.3 is 0 Å². The first-order valence-electron chi connectivity index (χ1n) is 6.06. The van der Waals surface area contributed by atoms with Crippen molar-refractivity contribution < 1.29 is 4.79 Å². The van der Waals surface area contributed by atoms with E-state index < -0.39 is 0 Å². The summed E-state index contributed by atoms with van der Waals surface area (Å²) in [5, 5.41) is 4.47. The summed E-state index contributed by atoms with van der Waals surface area (Å²) in [6, 6.07) is 0. The minimum Gasteiger partial charge on any atom is -0.295 e. The lowest BCUT2D eigenvalue weighted by atomic mass is 9.95. The molecule has 17 heavy (non-hydrogen) atoms. The number of ketones is 1. The van der Waals surface area contributed by atoms with E-state index in [0.717, 1.165) is 36.0 Å². The summed E-state index contributed by atoms with van der Waals surface area (Å²) >= 11 is 3.59. The molecule has 0 radical (unpaired) electrons. The van der Waals surface area contributed by atoms with Crippen LogP contribution in [0.2, 0.25) is 0 Å². The molecule has 3 nitrogen and oxygen atoms in total. The summed E-state index contributed by atoms with van der Waals surface area (Å²) in [6.45, 7) is 4.95. The molecule has 0 atom stereocenters.